The number of halogens is 1. The van der Waals surface area contributed by atoms with E-state index in [4.69, 9.17) is 0 Å². The molecule has 0 aliphatic rings. The van der Waals surface area contributed by atoms with Gasteiger partial charge in [0, 0.05) is 15.7 Å². The van der Waals surface area contributed by atoms with E-state index in [0.29, 0.717) is 5.82 Å². The van der Waals surface area contributed by atoms with Crippen molar-refractivity contribution >= 4 is 27.5 Å². The van der Waals surface area contributed by atoms with E-state index in [-0.39, 0.29) is 11.7 Å². The molecule has 1 heterocycles. The molecule has 1 N–H and O–H groups in total. The Morgan fingerprint density at radius 1 is 0.900 bits per heavy atom. The van der Waals surface area contributed by atoms with Crippen molar-refractivity contribution in [3.8, 4) is 17.1 Å². The van der Waals surface area contributed by atoms with Crippen LogP contribution in [-0.4, -0.2) is 20.7 Å². The van der Waals surface area contributed by atoms with Crippen molar-refractivity contribution < 1.29 is 4.79 Å². The summed E-state index contributed by atoms with van der Waals surface area (Å²) < 4.78 is 2.70. The lowest BCUT2D eigenvalue weighted by Crippen LogP contribution is -2.15. The Labute approximate surface area is 183 Å². The number of amides is 1. The molecule has 5 nitrogen and oxygen atoms in total. The number of rotatable bonds is 4. The lowest BCUT2D eigenvalue weighted by Gasteiger charge is -2.08. The standard InChI is InChI=1S/C24H21BrN4O/c1-15-8-13-20(14-17(15)3)29-23(18-9-11-19(25)12-10-18)27-22(28-29)24(30)26-21-7-5-4-6-16(21)2/h4-14H,1-3H3,(H,26,30). The molecule has 1 amide bonds. The molecular weight excluding hydrogens is 440 g/mol. The molecule has 1 aromatic heterocycles. The van der Waals surface area contributed by atoms with Gasteiger partial charge in [-0.1, -0.05) is 52.3 Å². The Hall–Kier alpha value is -3.25. The summed E-state index contributed by atoms with van der Waals surface area (Å²) in [5.41, 5.74) is 5.80. The molecule has 0 fully saturated rings. The van der Waals surface area contributed by atoms with E-state index >= 15 is 0 Å². The van der Waals surface area contributed by atoms with E-state index in [1.807, 2.05) is 67.6 Å². The monoisotopic (exact) mass is 460 g/mol. The van der Waals surface area contributed by atoms with Crippen LogP contribution >= 0.6 is 15.9 Å². The fraction of sp³-hybridized carbons (Fsp3) is 0.125. The van der Waals surface area contributed by atoms with Crippen molar-refractivity contribution in [1.82, 2.24) is 14.8 Å². The third-order valence-corrected chi connectivity index (χ3v) is 5.57. The van der Waals surface area contributed by atoms with Crippen molar-refractivity contribution in [1.29, 1.82) is 0 Å². The molecule has 0 spiro atoms. The predicted octanol–water partition coefficient (Wildman–Crippen LogP) is 5.87. The molecule has 3 aromatic carbocycles. The van der Waals surface area contributed by atoms with Gasteiger partial charge in [0.15, 0.2) is 5.82 Å². The van der Waals surface area contributed by atoms with Crippen molar-refractivity contribution in [2.45, 2.75) is 20.8 Å². The van der Waals surface area contributed by atoms with Crippen LogP contribution < -0.4 is 5.32 Å². The Morgan fingerprint density at radius 3 is 2.33 bits per heavy atom. The lowest BCUT2D eigenvalue weighted by molar-refractivity contribution is 0.101. The normalized spacial score (nSPS) is 10.8. The van der Waals surface area contributed by atoms with E-state index in [1.54, 1.807) is 4.68 Å². The third kappa shape index (κ3) is 4.04. The summed E-state index contributed by atoms with van der Waals surface area (Å²) in [6, 6.07) is 21.5. The molecule has 30 heavy (non-hydrogen) atoms. The number of carbonyl (C=O) groups is 1. The SMILES string of the molecule is Cc1ccc(-n2nc(C(=O)Nc3ccccc3C)nc2-c2ccc(Br)cc2)cc1C. The number of nitrogens with one attached hydrogen (secondary N) is 1. The van der Waals surface area contributed by atoms with Gasteiger partial charge in [0.25, 0.3) is 5.91 Å². The van der Waals surface area contributed by atoms with Crippen LogP contribution in [0.15, 0.2) is 71.2 Å². The van der Waals surface area contributed by atoms with Crippen LogP contribution in [0.2, 0.25) is 0 Å². The van der Waals surface area contributed by atoms with Gasteiger partial charge < -0.3 is 5.32 Å². The van der Waals surface area contributed by atoms with Gasteiger partial charge in [-0.2, -0.15) is 0 Å². The fourth-order valence-corrected chi connectivity index (χ4v) is 3.39. The van der Waals surface area contributed by atoms with Gasteiger partial charge in [-0.15, -0.1) is 5.10 Å². The molecular formula is C24H21BrN4O. The maximum absolute atomic E-state index is 12.9. The maximum atomic E-state index is 12.9. The number of carbonyl (C=O) groups excluding carboxylic acids is 1. The quantitative estimate of drug-likeness (QED) is 0.413. The maximum Gasteiger partial charge on any atom is 0.295 e. The summed E-state index contributed by atoms with van der Waals surface area (Å²) >= 11 is 3.46. The van der Waals surface area contributed by atoms with Crippen molar-refractivity contribution in [3.63, 3.8) is 0 Å². The highest BCUT2D eigenvalue weighted by Crippen LogP contribution is 2.25. The summed E-state index contributed by atoms with van der Waals surface area (Å²) in [6.07, 6.45) is 0. The number of para-hydroxylation sites is 1. The number of benzene rings is 3. The largest absolute Gasteiger partial charge is 0.319 e. The Bertz CT molecular complexity index is 1230. The second-order valence-corrected chi connectivity index (χ2v) is 8.13. The molecule has 0 saturated carbocycles. The first-order valence-electron chi connectivity index (χ1n) is 9.60. The zero-order valence-corrected chi connectivity index (χ0v) is 18.6. The number of hydrogen-bond donors (Lipinski definition) is 1. The summed E-state index contributed by atoms with van der Waals surface area (Å²) in [4.78, 5) is 17.5. The highest BCUT2D eigenvalue weighted by Gasteiger charge is 2.19. The fourth-order valence-electron chi connectivity index (χ4n) is 3.12. The van der Waals surface area contributed by atoms with Crippen molar-refractivity contribution in [2.24, 2.45) is 0 Å². The van der Waals surface area contributed by atoms with Gasteiger partial charge >= 0.3 is 0 Å². The van der Waals surface area contributed by atoms with Crippen LogP contribution in [0.3, 0.4) is 0 Å². The summed E-state index contributed by atoms with van der Waals surface area (Å²) in [5.74, 6) is 0.389. The van der Waals surface area contributed by atoms with Crippen LogP contribution in [0.5, 0.6) is 0 Å². The molecule has 0 atom stereocenters. The van der Waals surface area contributed by atoms with E-state index in [0.717, 1.165) is 32.5 Å². The number of hydrogen-bond acceptors (Lipinski definition) is 3. The minimum absolute atomic E-state index is 0.120. The molecule has 4 rings (SSSR count). The number of aromatic nitrogens is 3. The lowest BCUT2D eigenvalue weighted by atomic mass is 10.1. The second kappa shape index (κ2) is 8.24. The predicted molar refractivity (Wildman–Crippen MR) is 123 cm³/mol. The average Bonchev–Trinajstić information content (AvgIpc) is 3.18. The Balaban J connectivity index is 1.79. The van der Waals surface area contributed by atoms with Gasteiger partial charge in [-0.3, -0.25) is 4.79 Å². The second-order valence-electron chi connectivity index (χ2n) is 7.22. The summed E-state index contributed by atoms with van der Waals surface area (Å²) in [5, 5.41) is 7.47. The molecule has 0 bridgehead atoms. The summed E-state index contributed by atoms with van der Waals surface area (Å²) in [6.45, 7) is 6.07. The molecule has 0 radical (unpaired) electrons. The van der Waals surface area contributed by atoms with Crippen LogP contribution in [-0.2, 0) is 0 Å². The van der Waals surface area contributed by atoms with E-state index < -0.39 is 0 Å². The molecule has 150 valence electrons. The van der Waals surface area contributed by atoms with Crippen molar-refractivity contribution in [2.75, 3.05) is 5.32 Å². The van der Waals surface area contributed by atoms with E-state index in [1.165, 1.54) is 5.56 Å². The van der Waals surface area contributed by atoms with Gasteiger partial charge in [0.1, 0.15) is 0 Å². The van der Waals surface area contributed by atoms with Crippen LogP contribution in [0.25, 0.3) is 17.1 Å². The smallest absolute Gasteiger partial charge is 0.295 e. The van der Waals surface area contributed by atoms with Gasteiger partial charge in [-0.25, -0.2) is 9.67 Å². The number of aryl methyl sites for hydroxylation is 3. The average molecular weight is 461 g/mol. The summed E-state index contributed by atoms with van der Waals surface area (Å²) in [7, 11) is 0. The van der Waals surface area contributed by atoms with E-state index in [9.17, 15) is 4.79 Å². The molecule has 0 unspecified atom stereocenters. The first kappa shape index (κ1) is 20.0. The first-order valence-corrected chi connectivity index (χ1v) is 10.4. The Kier molecular flexibility index (Phi) is 5.50. The highest BCUT2D eigenvalue weighted by molar-refractivity contribution is 9.10. The van der Waals surface area contributed by atoms with Crippen LogP contribution in [0.1, 0.15) is 27.3 Å². The van der Waals surface area contributed by atoms with Gasteiger partial charge in [0.2, 0.25) is 5.82 Å². The minimum Gasteiger partial charge on any atom is -0.319 e. The molecule has 0 aliphatic carbocycles. The van der Waals surface area contributed by atoms with Gasteiger partial charge in [-0.05, 0) is 67.8 Å². The molecule has 6 heteroatoms. The van der Waals surface area contributed by atoms with E-state index in [2.05, 4.69) is 51.2 Å². The molecule has 0 aliphatic heterocycles. The zero-order chi connectivity index (χ0) is 21.3. The Morgan fingerprint density at radius 2 is 1.63 bits per heavy atom. The highest BCUT2D eigenvalue weighted by atomic mass is 79.9. The first-order chi connectivity index (χ1) is 14.4. The zero-order valence-electron chi connectivity index (χ0n) is 17.0. The van der Waals surface area contributed by atoms with Crippen LogP contribution in [0, 0.1) is 20.8 Å². The topological polar surface area (TPSA) is 59.8 Å². The number of anilines is 1. The molecule has 4 aromatic rings. The third-order valence-electron chi connectivity index (χ3n) is 5.04. The van der Waals surface area contributed by atoms with Gasteiger partial charge in [0.05, 0.1) is 5.69 Å². The molecule has 0 saturated heterocycles. The van der Waals surface area contributed by atoms with Crippen LogP contribution in [0.4, 0.5) is 5.69 Å². The minimum atomic E-state index is -0.342. The van der Waals surface area contributed by atoms with Crippen molar-refractivity contribution in [3.05, 3.63) is 93.7 Å². The number of nitrogens with zero attached hydrogens (tertiary/aromatic N) is 3.